The van der Waals surface area contributed by atoms with E-state index in [1.165, 1.54) is 0 Å². The highest BCUT2D eigenvalue weighted by Gasteiger charge is 2.15. The molecule has 1 aliphatic heterocycles. The van der Waals surface area contributed by atoms with Crippen LogP contribution in [-0.4, -0.2) is 25.2 Å². The highest BCUT2D eigenvalue weighted by Crippen LogP contribution is 2.11. The Morgan fingerprint density at radius 2 is 2.44 bits per heavy atom. The second-order valence-electron chi connectivity index (χ2n) is 4.05. The van der Waals surface area contributed by atoms with Crippen LogP contribution in [0, 0.1) is 6.92 Å². The summed E-state index contributed by atoms with van der Waals surface area (Å²) in [7, 11) is 0. The van der Waals surface area contributed by atoms with Crippen LogP contribution in [0.4, 0.5) is 10.7 Å². The van der Waals surface area contributed by atoms with Crippen molar-refractivity contribution >= 4 is 11.9 Å². The van der Waals surface area contributed by atoms with E-state index in [0.717, 1.165) is 31.7 Å². The van der Waals surface area contributed by atoms with E-state index in [2.05, 4.69) is 16.0 Å². The number of urea groups is 1. The molecule has 0 aromatic carbocycles. The van der Waals surface area contributed by atoms with Crippen LogP contribution in [0.25, 0.3) is 0 Å². The summed E-state index contributed by atoms with van der Waals surface area (Å²) in [6, 6.07) is 3.57. The summed E-state index contributed by atoms with van der Waals surface area (Å²) in [5.41, 5.74) is 0. The molecular weight excluding hydrogens is 206 g/mol. The Morgan fingerprint density at radius 3 is 3.06 bits per heavy atom. The van der Waals surface area contributed by atoms with Crippen LogP contribution in [0.15, 0.2) is 16.5 Å². The minimum atomic E-state index is -0.206. The van der Waals surface area contributed by atoms with Crippen molar-refractivity contribution < 1.29 is 9.21 Å². The number of carbonyl (C=O) groups is 1. The molecule has 1 aliphatic rings. The van der Waals surface area contributed by atoms with Gasteiger partial charge in [0.25, 0.3) is 0 Å². The quantitative estimate of drug-likeness (QED) is 0.711. The molecule has 2 heterocycles. The number of hydrogen-bond acceptors (Lipinski definition) is 3. The van der Waals surface area contributed by atoms with Gasteiger partial charge >= 0.3 is 6.03 Å². The van der Waals surface area contributed by atoms with Crippen LogP contribution in [0.3, 0.4) is 0 Å². The smallest absolute Gasteiger partial charge is 0.321 e. The van der Waals surface area contributed by atoms with Gasteiger partial charge in [-0.15, -0.1) is 0 Å². The van der Waals surface area contributed by atoms with Crippen molar-refractivity contribution in [2.45, 2.75) is 25.8 Å². The van der Waals surface area contributed by atoms with Crippen LogP contribution in [0.2, 0.25) is 0 Å². The van der Waals surface area contributed by atoms with Crippen LogP contribution < -0.4 is 16.0 Å². The van der Waals surface area contributed by atoms with E-state index >= 15 is 0 Å². The molecule has 0 radical (unpaired) electrons. The lowest BCUT2D eigenvalue weighted by Crippen LogP contribution is -2.47. The summed E-state index contributed by atoms with van der Waals surface area (Å²) in [5, 5.41) is 8.81. The summed E-state index contributed by atoms with van der Waals surface area (Å²) in [4.78, 5) is 11.6. The van der Waals surface area contributed by atoms with Gasteiger partial charge in [0.1, 0.15) is 5.76 Å². The Bertz CT molecular complexity index is 356. The first-order chi connectivity index (χ1) is 7.74. The number of aryl methyl sites for hydroxylation is 1. The van der Waals surface area contributed by atoms with Gasteiger partial charge in [-0.2, -0.15) is 0 Å². The summed E-state index contributed by atoms with van der Waals surface area (Å²) in [6.45, 7) is 3.72. The predicted molar refractivity (Wildman–Crippen MR) is 61.5 cm³/mol. The molecule has 0 aliphatic carbocycles. The molecule has 2 amide bonds. The van der Waals surface area contributed by atoms with E-state index in [0.29, 0.717) is 5.88 Å². The third-order valence-corrected chi connectivity index (χ3v) is 2.61. The Balaban J connectivity index is 1.79. The Morgan fingerprint density at radius 1 is 1.56 bits per heavy atom. The highest BCUT2D eigenvalue weighted by atomic mass is 16.4. The molecule has 5 nitrogen and oxygen atoms in total. The molecule has 1 aromatic rings. The Kier molecular flexibility index (Phi) is 3.46. The number of furan rings is 1. The largest absolute Gasteiger partial charge is 0.446 e. The van der Waals surface area contributed by atoms with Crippen molar-refractivity contribution in [3.8, 4) is 0 Å². The van der Waals surface area contributed by atoms with Gasteiger partial charge < -0.3 is 15.1 Å². The first-order valence-corrected chi connectivity index (χ1v) is 5.59. The highest BCUT2D eigenvalue weighted by molar-refractivity contribution is 5.88. The van der Waals surface area contributed by atoms with Gasteiger partial charge in [0, 0.05) is 18.7 Å². The summed E-state index contributed by atoms with van der Waals surface area (Å²) in [6.07, 6.45) is 2.13. The Hall–Kier alpha value is -1.49. The topological polar surface area (TPSA) is 66.3 Å². The number of hydrogen-bond donors (Lipinski definition) is 3. The fraction of sp³-hybridized carbons (Fsp3) is 0.545. The molecular formula is C11H17N3O2. The molecule has 0 saturated carbocycles. The van der Waals surface area contributed by atoms with E-state index in [1.54, 1.807) is 6.07 Å². The summed E-state index contributed by atoms with van der Waals surface area (Å²) in [5.74, 6) is 1.27. The molecule has 2 rings (SSSR count). The third kappa shape index (κ3) is 3.00. The van der Waals surface area contributed by atoms with Crippen molar-refractivity contribution in [1.29, 1.82) is 0 Å². The third-order valence-electron chi connectivity index (χ3n) is 2.61. The molecule has 5 heteroatoms. The van der Waals surface area contributed by atoms with Gasteiger partial charge in [-0.25, -0.2) is 4.79 Å². The van der Waals surface area contributed by atoms with Gasteiger partial charge in [-0.05, 0) is 32.4 Å². The molecule has 0 bridgehead atoms. The van der Waals surface area contributed by atoms with E-state index in [1.807, 2.05) is 13.0 Å². The number of anilines is 1. The molecule has 88 valence electrons. The molecule has 1 atom stereocenters. The standard InChI is InChI=1S/C11H17N3O2/c1-8-4-5-10(16-8)14-11(15)13-9-3-2-6-12-7-9/h4-5,9,12H,2-3,6-7H2,1H3,(H2,13,14,15). The second-order valence-corrected chi connectivity index (χ2v) is 4.05. The molecule has 1 unspecified atom stereocenters. The maximum Gasteiger partial charge on any atom is 0.321 e. The van der Waals surface area contributed by atoms with E-state index in [9.17, 15) is 4.79 Å². The molecule has 1 aromatic heterocycles. The summed E-state index contributed by atoms with van der Waals surface area (Å²) < 4.78 is 5.26. The average molecular weight is 223 g/mol. The normalized spacial score (nSPS) is 20.4. The van der Waals surface area contributed by atoms with Gasteiger partial charge in [0.15, 0.2) is 0 Å². The fourth-order valence-electron chi connectivity index (χ4n) is 1.81. The number of nitrogens with one attached hydrogen (secondary N) is 3. The SMILES string of the molecule is Cc1ccc(NC(=O)NC2CCCNC2)o1. The van der Waals surface area contributed by atoms with Crippen molar-refractivity contribution in [1.82, 2.24) is 10.6 Å². The zero-order valence-electron chi connectivity index (χ0n) is 9.38. The van der Waals surface area contributed by atoms with Crippen LogP contribution in [0.1, 0.15) is 18.6 Å². The minimum Gasteiger partial charge on any atom is -0.446 e. The lowest BCUT2D eigenvalue weighted by Gasteiger charge is -2.23. The van der Waals surface area contributed by atoms with Crippen molar-refractivity contribution in [3.63, 3.8) is 0 Å². The van der Waals surface area contributed by atoms with Crippen LogP contribution in [-0.2, 0) is 0 Å². The van der Waals surface area contributed by atoms with Crippen molar-refractivity contribution in [2.24, 2.45) is 0 Å². The van der Waals surface area contributed by atoms with E-state index < -0.39 is 0 Å². The first kappa shape index (κ1) is 11.0. The van der Waals surface area contributed by atoms with Crippen LogP contribution in [0.5, 0.6) is 0 Å². The van der Waals surface area contributed by atoms with Gasteiger partial charge in [0.05, 0.1) is 0 Å². The van der Waals surface area contributed by atoms with Crippen molar-refractivity contribution in [2.75, 3.05) is 18.4 Å². The zero-order chi connectivity index (χ0) is 11.4. The van der Waals surface area contributed by atoms with Crippen molar-refractivity contribution in [3.05, 3.63) is 17.9 Å². The van der Waals surface area contributed by atoms with Crippen LogP contribution >= 0.6 is 0 Å². The van der Waals surface area contributed by atoms with Gasteiger partial charge in [0.2, 0.25) is 5.88 Å². The molecule has 1 fully saturated rings. The number of piperidine rings is 1. The molecule has 1 saturated heterocycles. The minimum absolute atomic E-state index is 0.206. The molecule has 3 N–H and O–H groups in total. The number of amides is 2. The fourth-order valence-corrected chi connectivity index (χ4v) is 1.81. The maximum atomic E-state index is 11.6. The molecule has 16 heavy (non-hydrogen) atoms. The summed E-state index contributed by atoms with van der Waals surface area (Å²) >= 11 is 0. The molecule has 0 spiro atoms. The van der Waals surface area contributed by atoms with E-state index in [-0.39, 0.29) is 12.1 Å². The Labute approximate surface area is 94.6 Å². The predicted octanol–water partition coefficient (Wildman–Crippen LogP) is 1.46. The van der Waals surface area contributed by atoms with Gasteiger partial charge in [-0.1, -0.05) is 0 Å². The maximum absolute atomic E-state index is 11.6. The monoisotopic (exact) mass is 223 g/mol. The lowest BCUT2D eigenvalue weighted by molar-refractivity contribution is 0.244. The van der Waals surface area contributed by atoms with Gasteiger partial charge in [-0.3, -0.25) is 5.32 Å². The number of carbonyl (C=O) groups excluding carboxylic acids is 1. The zero-order valence-corrected chi connectivity index (χ0v) is 9.38. The number of rotatable bonds is 2. The first-order valence-electron chi connectivity index (χ1n) is 5.59. The lowest BCUT2D eigenvalue weighted by atomic mass is 10.1. The second kappa shape index (κ2) is 5.03. The average Bonchev–Trinajstić information content (AvgIpc) is 2.65. The van der Waals surface area contributed by atoms with E-state index in [4.69, 9.17) is 4.42 Å².